The van der Waals surface area contributed by atoms with E-state index in [1.54, 1.807) is 18.2 Å². The van der Waals surface area contributed by atoms with E-state index in [4.69, 9.17) is 4.42 Å². The highest BCUT2D eigenvalue weighted by atomic mass is 16.3. The van der Waals surface area contributed by atoms with Crippen molar-refractivity contribution in [3.8, 4) is 0 Å². The van der Waals surface area contributed by atoms with Crippen LogP contribution in [0.2, 0.25) is 0 Å². The molecule has 1 heterocycles. The molecule has 0 aliphatic carbocycles. The summed E-state index contributed by atoms with van der Waals surface area (Å²) < 4.78 is 5.00. The number of aldehydes is 1. The number of hydrogen-bond acceptors (Lipinski definition) is 3. The van der Waals surface area contributed by atoms with Crippen molar-refractivity contribution in [2.45, 2.75) is 6.42 Å². The van der Waals surface area contributed by atoms with Crippen LogP contribution in [-0.2, 0) is 11.2 Å². The molecule has 2 aromatic rings. The minimum absolute atomic E-state index is 0.194. The third-order valence-electron chi connectivity index (χ3n) is 2.54. The molecule has 0 atom stereocenters. The average Bonchev–Trinajstić information content (AvgIpc) is 2.92. The maximum Gasteiger partial charge on any atom is 0.221 e. The fourth-order valence-electron chi connectivity index (χ4n) is 1.64. The molecule has 2 rings (SSSR count). The van der Waals surface area contributed by atoms with Crippen LogP contribution in [0.25, 0.3) is 6.08 Å². The zero-order chi connectivity index (χ0) is 12.8. The van der Waals surface area contributed by atoms with Crippen molar-refractivity contribution >= 4 is 18.1 Å². The molecule has 0 spiro atoms. The largest absolute Gasteiger partial charge is 0.461 e. The lowest BCUT2D eigenvalue weighted by atomic mass is 10.0. The molecule has 0 fully saturated rings. The average molecular weight is 240 g/mol. The van der Waals surface area contributed by atoms with E-state index in [0.717, 1.165) is 17.4 Å². The van der Waals surface area contributed by atoms with E-state index in [-0.39, 0.29) is 5.78 Å². The standard InChI is InChI=1S/C15H12O3/c16-10-9-13-5-2-1-4-12(13)7-8-14(17)15-6-3-11-18-15/h1-8,10-11H,9H2/b8-7+. The summed E-state index contributed by atoms with van der Waals surface area (Å²) in [7, 11) is 0. The lowest BCUT2D eigenvalue weighted by molar-refractivity contribution is -0.107. The summed E-state index contributed by atoms with van der Waals surface area (Å²) in [5, 5.41) is 0. The fraction of sp³-hybridized carbons (Fsp3) is 0.0667. The number of benzene rings is 1. The summed E-state index contributed by atoms with van der Waals surface area (Å²) in [5.41, 5.74) is 1.76. The number of ketones is 1. The molecule has 0 amide bonds. The van der Waals surface area contributed by atoms with Crippen molar-refractivity contribution < 1.29 is 14.0 Å². The normalized spacial score (nSPS) is 10.7. The molecule has 0 saturated heterocycles. The van der Waals surface area contributed by atoms with Crippen LogP contribution < -0.4 is 0 Å². The Balaban J connectivity index is 2.18. The fourth-order valence-corrected chi connectivity index (χ4v) is 1.64. The van der Waals surface area contributed by atoms with Crippen LogP contribution in [0.3, 0.4) is 0 Å². The van der Waals surface area contributed by atoms with Gasteiger partial charge in [-0.2, -0.15) is 0 Å². The third-order valence-corrected chi connectivity index (χ3v) is 2.54. The Hall–Kier alpha value is -2.42. The topological polar surface area (TPSA) is 47.3 Å². The molecular formula is C15H12O3. The highest BCUT2D eigenvalue weighted by Crippen LogP contribution is 2.12. The third kappa shape index (κ3) is 2.83. The van der Waals surface area contributed by atoms with E-state index in [1.807, 2.05) is 24.3 Å². The second-order valence-electron chi connectivity index (χ2n) is 3.74. The van der Waals surface area contributed by atoms with Crippen molar-refractivity contribution in [3.05, 3.63) is 65.6 Å². The van der Waals surface area contributed by atoms with Gasteiger partial charge in [0.25, 0.3) is 0 Å². The molecule has 18 heavy (non-hydrogen) atoms. The highest BCUT2D eigenvalue weighted by Gasteiger charge is 2.04. The molecule has 0 saturated carbocycles. The molecule has 3 heteroatoms. The zero-order valence-electron chi connectivity index (χ0n) is 9.71. The minimum Gasteiger partial charge on any atom is -0.461 e. The minimum atomic E-state index is -0.194. The van der Waals surface area contributed by atoms with Crippen LogP contribution in [0.15, 0.2) is 53.2 Å². The Morgan fingerprint density at radius 3 is 2.72 bits per heavy atom. The number of carbonyl (C=O) groups is 2. The molecular weight excluding hydrogens is 228 g/mol. The van der Waals surface area contributed by atoms with Crippen molar-refractivity contribution in [3.63, 3.8) is 0 Å². The van der Waals surface area contributed by atoms with Crippen molar-refractivity contribution in [2.24, 2.45) is 0 Å². The Kier molecular flexibility index (Phi) is 3.86. The summed E-state index contributed by atoms with van der Waals surface area (Å²) in [5.74, 6) is 0.111. The smallest absolute Gasteiger partial charge is 0.221 e. The van der Waals surface area contributed by atoms with Gasteiger partial charge in [0, 0.05) is 6.42 Å². The molecule has 0 N–H and O–H groups in total. The lowest BCUT2D eigenvalue weighted by Crippen LogP contribution is -1.93. The van der Waals surface area contributed by atoms with Gasteiger partial charge in [-0.3, -0.25) is 4.79 Å². The first kappa shape index (κ1) is 12.0. The van der Waals surface area contributed by atoms with Crippen LogP contribution in [0, 0.1) is 0 Å². The summed E-state index contributed by atoms with van der Waals surface area (Å²) in [6.07, 6.45) is 5.80. The van der Waals surface area contributed by atoms with Crippen LogP contribution in [0.1, 0.15) is 21.7 Å². The Morgan fingerprint density at radius 1 is 1.17 bits per heavy atom. The molecule has 0 radical (unpaired) electrons. The molecule has 3 nitrogen and oxygen atoms in total. The second-order valence-corrected chi connectivity index (χ2v) is 3.74. The molecule has 90 valence electrons. The molecule has 0 aliphatic heterocycles. The van der Waals surface area contributed by atoms with Crippen LogP contribution in [-0.4, -0.2) is 12.1 Å². The molecule has 0 bridgehead atoms. The number of hydrogen-bond donors (Lipinski definition) is 0. The van der Waals surface area contributed by atoms with Crippen LogP contribution >= 0.6 is 0 Å². The Labute approximate surface area is 105 Å². The van der Waals surface area contributed by atoms with Gasteiger partial charge in [-0.15, -0.1) is 0 Å². The van der Waals surface area contributed by atoms with Crippen molar-refractivity contribution in [1.29, 1.82) is 0 Å². The number of allylic oxidation sites excluding steroid dienone is 1. The first-order chi connectivity index (χ1) is 8.81. The van der Waals surface area contributed by atoms with Gasteiger partial charge >= 0.3 is 0 Å². The van der Waals surface area contributed by atoms with E-state index in [0.29, 0.717) is 12.2 Å². The monoisotopic (exact) mass is 240 g/mol. The number of furan rings is 1. The molecule has 0 unspecified atom stereocenters. The maximum atomic E-state index is 11.7. The molecule has 1 aromatic carbocycles. The van der Waals surface area contributed by atoms with Crippen LogP contribution in [0.5, 0.6) is 0 Å². The first-order valence-electron chi connectivity index (χ1n) is 5.58. The summed E-state index contributed by atoms with van der Waals surface area (Å²) in [6, 6.07) is 10.7. The van der Waals surface area contributed by atoms with E-state index >= 15 is 0 Å². The van der Waals surface area contributed by atoms with E-state index in [1.165, 1.54) is 12.3 Å². The number of rotatable bonds is 5. The second kappa shape index (κ2) is 5.77. The molecule has 0 aliphatic rings. The van der Waals surface area contributed by atoms with Gasteiger partial charge < -0.3 is 9.21 Å². The Bertz CT molecular complexity index is 565. The lowest BCUT2D eigenvalue weighted by Gasteiger charge is -2.00. The number of carbonyl (C=O) groups excluding carboxylic acids is 2. The van der Waals surface area contributed by atoms with E-state index in [9.17, 15) is 9.59 Å². The predicted octanol–water partition coefficient (Wildman–Crippen LogP) is 2.92. The SMILES string of the molecule is O=CCc1ccccc1/C=C/C(=O)c1ccco1. The predicted molar refractivity (Wildman–Crippen MR) is 68.3 cm³/mol. The van der Waals surface area contributed by atoms with E-state index < -0.39 is 0 Å². The van der Waals surface area contributed by atoms with Gasteiger partial charge in [-0.25, -0.2) is 0 Å². The van der Waals surface area contributed by atoms with Gasteiger partial charge in [0.2, 0.25) is 5.78 Å². The first-order valence-corrected chi connectivity index (χ1v) is 5.58. The summed E-state index contributed by atoms with van der Waals surface area (Å²) in [4.78, 5) is 22.2. The van der Waals surface area contributed by atoms with Crippen LogP contribution in [0.4, 0.5) is 0 Å². The zero-order valence-corrected chi connectivity index (χ0v) is 9.71. The van der Waals surface area contributed by atoms with Gasteiger partial charge in [0.05, 0.1) is 6.26 Å². The highest BCUT2D eigenvalue weighted by molar-refractivity contribution is 6.04. The Morgan fingerprint density at radius 2 is 2.00 bits per heavy atom. The van der Waals surface area contributed by atoms with Crippen molar-refractivity contribution in [2.75, 3.05) is 0 Å². The summed E-state index contributed by atoms with van der Waals surface area (Å²) in [6.45, 7) is 0. The van der Waals surface area contributed by atoms with Gasteiger partial charge in [-0.1, -0.05) is 30.3 Å². The van der Waals surface area contributed by atoms with Gasteiger partial charge in [-0.05, 0) is 29.3 Å². The summed E-state index contributed by atoms with van der Waals surface area (Å²) >= 11 is 0. The van der Waals surface area contributed by atoms with E-state index in [2.05, 4.69) is 0 Å². The maximum absolute atomic E-state index is 11.7. The van der Waals surface area contributed by atoms with Crippen molar-refractivity contribution in [1.82, 2.24) is 0 Å². The molecule has 1 aromatic heterocycles. The van der Waals surface area contributed by atoms with Gasteiger partial charge in [0.15, 0.2) is 5.76 Å². The van der Waals surface area contributed by atoms with Gasteiger partial charge in [0.1, 0.15) is 6.29 Å². The quantitative estimate of drug-likeness (QED) is 0.458.